The van der Waals surface area contributed by atoms with Crippen molar-refractivity contribution in [3.05, 3.63) is 95.8 Å². The highest BCUT2D eigenvalue weighted by atomic mass is 16.5. The summed E-state index contributed by atoms with van der Waals surface area (Å²) in [6, 6.07) is 24.3. The molecule has 0 N–H and O–H groups in total. The number of carbonyl (C=O) groups excluding carboxylic acids is 2. The van der Waals surface area contributed by atoms with Crippen LogP contribution in [0.4, 0.5) is 0 Å². The van der Waals surface area contributed by atoms with Crippen LogP contribution in [0, 0.1) is 5.92 Å². The number of methoxy groups -OCH3 is 1. The van der Waals surface area contributed by atoms with Gasteiger partial charge in [0.15, 0.2) is 0 Å². The first-order valence-corrected chi connectivity index (χ1v) is 13.7. The minimum atomic E-state index is -0.258. The first kappa shape index (κ1) is 29.2. The maximum atomic E-state index is 13.8. The average Bonchev–Trinajstić information content (AvgIpc) is 3.36. The largest absolute Gasteiger partial charge is 0.383 e. The first-order valence-electron chi connectivity index (χ1n) is 13.7. The van der Waals surface area contributed by atoms with E-state index in [4.69, 9.17) is 4.74 Å². The predicted molar refractivity (Wildman–Crippen MR) is 153 cm³/mol. The van der Waals surface area contributed by atoms with E-state index < -0.39 is 0 Å². The van der Waals surface area contributed by atoms with Crippen molar-refractivity contribution in [2.45, 2.75) is 52.6 Å². The highest BCUT2D eigenvalue weighted by Gasteiger charge is 2.28. The summed E-state index contributed by atoms with van der Waals surface area (Å²) < 4.78 is 7.50. The summed E-state index contributed by atoms with van der Waals surface area (Å²) in [6.07, 6.45) is 3.59. The summed E-state index contributed by atoms with van der Waals surface area (Å²) in [5, 5.41) is 0. The molecule has 0 saturated heterocycles. The minimum absolute atomic E-state index is 0.0202. The van der Waals surface area contributed by atoms with Crippen LogP contribution in [0.3, 0.4) is 0 Å². The fourth-order valence-electron chi connectivity index (χ4n) is 4.62. The molecular weight excluding hydrogens is 474 g/mol. The van der Waals surface area contributed by atoms with Crippen LogP contribution < -0.4 is 0 Å². The lowest BCUT2D eigenvalue weighted by Crippen LogP contribution is -2.45. The van der Waals surface area contributed by atoms with Crippen molar-refractivity contribution < 1.29 is 14.3 Å². The molecule has 2 aromatic carbocycles. The zero-order chi connectivity index (χ0) is 27.3. The molecule has 1 heterocycles. The smallest absolute Gasteiger partial charge is 0.242 e. The second-order valence-electron chi connectivity index (χ2n) is 10.2. The highest BCUT2D eigenvalue weighted by Crippen LogP contribution is 2.23. The lowest BCUT2D eigenvalue weighted by atomic mass is 9.94. The molecule has 3 rings (SSSR count). The summed E-state index contributed by atoms with van der Waals surface area (Å²) >= 11 is 0. The Morgan fingerprint density at radius 1 is 0.895 bits per heavy atom. The molecule has 1 unspecified atom stereocenters. The summed E-state index contributed by atoms with van der Waals surface area (Å²) in [5.41, 5.74) is 3.25. The van der Waals surface area contributed by atoms with Crippen LogP contribution >= 0.6 is 0 Å². The monoisotopic (exact) mass is 517 g/mol. The standard InChI is InChI=1S/C32H43N3O3/c1-5-30(28-15-10-7-11-16-28)32(37)35(20-18-26(2)3)25-31(36)34(21-22-38-4)24-29-17-12-19-33(29)23-27-13-8-6-9-14-27/h6-17,19,26,30H,5,18,20-25H2,1-4H3. The van der Waals surface area contributed by atoms with Crippen molar-refractivity contribution in [2.24, 2.45) is 5.92 Å². The summed E-state index contributed by atoms with van der Waals surface area (Å²) in [4.78, 5) is 31.1. The molecule has 0 aliphatic rings. The lowest BCUT2D eigenvalue weighted by molar-refractivity contribution is -0.142. The zero-order valence-electron chi connectivity index (χ0n) is 23.4. The Morgan fingerprint density at radius 2 is 1.58 bits per heavy atom. The fourth-order valence-corrected chi connectivity index (χ4v) is 4.62. The predicted octanol–water partition coefficient (Wildman–Crippen LogP) is 5.58. The van der Waals surface area contributed by atoms with Gasteiger partial charge in [-0.1, -0.05) is 81.4 Å². The van der Waals surface area contributed by atoms with E-state index in [9.17, 15) is 9.59 Å². The van der Waals surface area contributed by atoms with E-state index in [0.29, 0.717) is 38.6 Å². The van der Waals surface area contributed by atoms with Crippen molar-refractivity contribution in [1.29, 1.82) is 0 Å². The normalized spacial score (nSPS) is 11.9. The zero-order valence-corrected chi connectivity index (χ0v) is 23.4. The Hall–Kier alpha value is -3.38. The van der Waals surface area contributed by atoms with Gasteiger partial charge in [-0.3, -0.25) is 9.59 Å². The van der Waals surface area contributed by atoms with Gasteiger partial charge in [-0.15, -0.1) is 0 Å². The number of hydrogen-bond donors (Lipinski definition) is 0. The van der Waals surface area contributed by atoms with Gasteiger partial charge in [0, 0.05) is 38.6 Å². The summed E-state index contributed by atoms with van der Waals surface area (Å²) in [7, 11) is 1.64. The van der Waals surface area contributed by atoms with Gasteiger partial charge in [0.05, 0.1) is 25.6 Å². The molecule has 2 amide bonds. The third-order valence-electron chi connectivity index (χ3n) is 6.91. The third-order valence-corrected chi connectivity index (χ3v) is 6.91. The fraction of sp³-hybridized carbons (Fsp3) is 0.438. The van der Waals surface area contributed by atoms with E-state index in [-0.39, 0.29) is 24.3 Å². The van der Waals surface area contributed by atoms with Crippen LogP contribution in [0.5, 0.6) is 0 Å². The minimum Gasteiger partial charge on any atom is -0.383 e. The molecule has 0 saturated carbocycles. The summed E-state index contributed by atoms with van der Waals surface area (Å²) in [5.74, 6) is 0.135. The van der Waals surface area contributed by atoms with Gasteiger partial charge in [-0.2, -0.15) is 0 Å². The molecule has 0 bridgehead atoms. The first-order chi connectivity index (χ1) is 18.4. The molecule has 38 heavy (non-hydrogen) atoms. The molecule has 1 atom stereocenters. The van der Waals surface area contributed by atoms with Crippen LogP contribution in [-0.2, 0) is 27.4 Å². The molecule has 3 aromatic rings. The number of carbonyl (C=O) groups is 2. The summed E-state index contributed by atoms with van der Waals surface area (Å²) in [6.45, 7) is 9.06. The Balaban J connectivity index is 1.78. The molecule has 6 nitrogen and oxygen atoms in total. The number of amides is 2. The van der Waals surface area contributed by atoms with Gasteiger partial charge >= 0.3 is 0 Å². The van der Waals surface area contributed by atoms with Gasteiger partial charge in [-0.25, -0.2) is 0 Å². The molecule has 0 aliphatic heterocycles. The quantitative estimate of drug-likeness (QED) is 0.264. The maximum Gasteiger partial charge on any atom is 0.242 e. The molecule has 6 heteroatoms. The highest BCUT2D eigenvalue weighted by molar-refractivity contribution is 5.88. The molecule has 204 valence electrons. The van der Waals surface area contributed by atoms with Gasteiger partial charge in [0.25, 0.3) is 0 Å². The van der Waals surface area contributed by atoms with E-state index in [1.54, 1.807) is 12.0 Å². The topological polar surface area (TPSA) is 54.8 Å². The Kier molecular flexibility index (Phi) is 11.6. The lowest BCUT2D eigenvalue weighted by Gasteiger charge is -2.30. The van der Waals surface area contributed by atoms with Crippen LogP contribution in [0.25, 0.3) is 0 Å². The number of aromatic nitrogens is 1. The third kappa shape index (κ3) is 8.59. The molecule has 0 aliphatic carbocycles. The van der Waals surface area contributed by atoms with Gasteiger partial charge in [0.2, 0.25) is 11.8 Å². The van der Waals surface area contributed by atoms with Gasteiger partial charge in [-0.05, 0) is 42.0 Å². The van der Waals surface area contributed by atoms with Gasteiger partial charge in [0.1, 0.15) is 0 Å². The van der Waals surface area contributed by atoms with Crippen molar-refractivity contribution in [1.82, 2.24) is 14.4 Å². The van der Waals surface area contributed by atoms with E-state index in [1.165, 1.54) is 5.56 Å². The maximum absolute atomic E-state index is 13.8. The second kappa shape index (κ2) is 15.1. The van der Waals surface area contributed by atoms with Crippen LogP contribution in [0.1, 0.15) is 56.4 Å². The second-order valence-corrected chi connectivity index (χ2v) is 10.2. The van der Waals surface area contributed by atoms with E-state index in [2.05, 4.69) is 36.6 Å². The average molecular weight is 518 g/mol. The van der Waals surface area contributed by atoms with Crippen molar-refractivity contribution in [3.8, 4) is 0 Å². The van der Waals surface area contributed by atoms with Crippen molar-refractivity contribution in [3.63, 3.8) is 0 Å². The van der Waals surface area contributed by atoms with E-state index in [0.717, 1.165) is 24.2 Å². The number of hydrogen-bond acceptors (Lipinski definition) is 3. The van der Waals surface area contributed by atoms with Crippen LogP contribution in [0.2, 0.25) is 0 Å². The van der Waals surface area contributed by atoms with Crippen LogP contribution in [-0.4, -0.2) is 59.5 Å². The number of rotatable bonds is 15. The van der Waals surface area contributed by atoms with Crippen molar-refractivity contribution in [2.75, 3.05) is 33.4 Å². The van der Waals surface area contributed by atoms with E-state index in [1.807, 2.05) is 72.6 Å². The molecule has 1 aromatic heterocycles. The number of benzene rings is 2. The Labute approximate surface area is 228 Å². The number of nitrogens with zero attached hydrogens (tertiary/aromatic N) is 3. The molecule has 0 fully saturated rings. The Bertz CT molecular complexity index is 1110. The van der Waals surface area contributed by atoms with E-state index >= 15 is 0 Å². The van der Waals surface area contributed by atoms with Crippen molar-refractivity contribution >= 4 is 11.8 Å². The SMILES string of the molecule is CCC(C(=O)N(CCC(C)C)CC(=O)N(CCOC)Cc1cccn1Cc1ccccc1)c1ccccc1. The Morgan fingerprint density at radius 3 is 2.21 bits per heavy atom. The van der Waals surface area contributed by atoms with Gasteiger partial charge < -0.3 is 19.1 Å². The molecular formula is C32H43N3O3. The number of ether oxygens (including phenoxy) is 1. The van der Waals surface area contributed by atoms with Crippen LogP contribution in [0.15, 0.2) is 79.0 Å². The molecule has 0 radical (unpaired) electrons. The molecule has 0 spiro atoms.